The first-order valence-corrected chi connectivity index (χ1v) is 8.07. The summed E-state index contributed by atoms with van der Waals surface area (Å²) in [7, 11) is 0. The molecule has 0 saturated carbocycles. The van der Waals surface area contributed by atoms with Gasteiger partial charge in [0, 0.05) is 31.2 Å². The van der Waals surface area contributed by atoms with Crippen molar-refractivity contribution in [3.63, 3.8) is 0 Å². The van der Waals surface area contributed by atoms with Gasteiger partial charge in [-0.1, -0.05) is 51.1 Å². The average molecular weight is 274 g/mol. The zero-order valence-electron chi connectivity index (χ0n) is 13.5. The molecular formula is C18H30N2. The van der Waals surface area contributed by atoms with Crippen LogP contribution in [0.25, 0.3) is 0 Å². The van der Waals surface area contributed by atoms with Crippen molar-refractivity contribution >= 4 is 0 Å². The zero-order valence-corrected chi connectivity index (χ0v) is 13.5. The summed E-state index contributed by atoms with van der Waals surface area (Å²) in [5, 5.41) is 3.76. The minimum Gasteiger partial charge on any atom is -0.309 e. The van der Waals surface area contributed by atoms with E-state index in [1.165, 1.54) is 25.1 Å². The molecule has 1 N–H and O–H groups in total. The Hall–Kier alpha value is -0.860. The summed E-state index contributed by atoms with van der Waals surface area (Å²) in [5.74, 6) is 0.708. The smallest absolute Gasteiger partial charge is 0.0278 e. The molecular weight excluding hydrogens is 244 g/mol. The predicted molar refractivity (Wildman–Crippen MR) is 87.0 cm³/mol. The van der Waals surface area contributed by atoms with E-state index in [-0.39, 0.29) is 5.54 Å². The van der Waals surface area contributed by atoms with Crippen LogP contribution in [0.5, 0.6) is 0 Å². The van der Waals surface area contributed by atoms with Gasteiger partial charge < -0.3 is 5.32 Å². The maximum absolute atomic E-state index is 3.76. The molecule has 0 radical (unpaired) electrons. The van der Waals surface area contributed by atoms with E-state index in [9.17, 15) is 0 Å². The van der Waals surface area contributed by atoms with Crippen LogP contribution in [0.1, 0.15) is 39.7 Å². The molecule has 2 rings (SSSR count). The topological polar surface area (TPSA) is 15.3 Å². The van der Waals surface area contributed by atoms with Crippen LogP contribution in [0.3, 0.4) is 0 Å². The summed E-state index contributed by atoms with van der Waals surface area (Å²) in [5.41, 5.74) is 1.73. The van der Waals surface area contributed by atoms with Gasteiger partial charge in [0.15, 0.2) is 0 Å². The molecule has 2 unspecified atom stereocenters. The van der Waals surface area contributed by atoms with E-state index >= 15 is 0 Å². The van der Waals surface area contributed by atoms with Crippen molar-refractivity contribution in [1.82, 2.24) is 10.2 Å². The van der Waals surface area contributed by atoms with E-state index in [0.717, 1.165) is 13.0 Å². The lowest BCUT2D eigenvalue weighted by Crippen LogP contribution is -2.64. The van der Waals surface area contributed by atoms with Gasteiger partial charge in [0.1, 0.15) is 0 Å². The van der Waals surface area contributed by atoms with Gasteiger partial charge in [-0.3, -0.25) is 4.90 Å². The Labute approximate surface area is 124 Å². The quantitative estimate of drug-likeness (QED) is 0.886. The van der Waals surface area contributed by atoms with E-state index in [1.807, 2.05) is 0 Å². The molecule has 1 saturated heterocycles. The standard InChI is InChI=1S/C18H30N2/c1-5-18(4)14-20(17(13-19-18)15(2)3)12-11-16-9-7-6-8-10-16/h6-10,15,17,19H,5,11-14H2,1-4H3. The van der Waals surface area contributed by atoms with E-state index in [1.54, 1.807) is 0 Å². The normalized spacial score (nSPS) is 27.9. The van der Waals surface area contributed by atoms with E-state index in [2.05, 4.69) is 68.2 Å². The van der Waals surface area contributed by atoms with Crippen molar-refractivity contribution in [3.8, 4) is 0 Å². The van der Waals surface area contributed by atoms with Gasteiger partial charge in [-0.25, -0.2) is 0 Å². The summed E-state index contributed by atoms with van der Waals surface area (Å²) >= 11 is 0. The number of hydrogen-bond acceptors (Lipinski definition) is 2. The Bertz CT molecular complexity index is 401. The van der Waals surface area contributed by atoms with Gasteiger partial charge in [-0.2, -0.15) is 0 Å². The number of piperazine rings is 1. The molecule has 20 heavy (non-hydrogen) atoms. The van der Waals surface area contributed by atoms with Crippen molar-refractivity contribution in [2.75, 3.05) is 19.6 Å². The third kappa shape index (κ3) is 3.83. The number of benzene rings is 1. The number of nitrogens with zero attached hydrogens (tertiary/aromatic N) is 1. The maximum atomic E-state index is 3.76. The van der Waals surface area contributed by atoms with Crippen LogP contribution >= 0.6 is 0 Å². The van der Waals surface area contributed by atoms with Gasteiger partial charge in [0.05, 0.1) is 0 Å². The van der Waals surface area contributed by atoms with Crippen molar-refractivity contribution < 1.29 is 0 Å². The summed E-state index contributed by atoms with van der Waals surface area (Å²) in [6.07, 6.45) is 2.35. The molecule has 1 aliphatic rings. The van der Waals surface area contributed by atoms with Gasteiger partial charge in [-0.15, -0.1) is 0 Å². The van der Waals surface area contributed by atoms with Crippen molar-refractivity contribution in [2.24, 2.45) is 5.92 Å². The second-order valence-electron chi connectivity index (χ2n) is 6.81. The molecule has 1 heterocycles. The molecule has 1 aromatic rings. The van der Waals surface area contributed by atoms with Crippen LogP contribution in [0.15, 0.2) is 30.3 Å². The van der Waals surface area contributed by atoms with E-state index in [4.69, 9.17) is 0 Å². The maximum Gasteiger partial charge on any atom is 0.0278 e. The fourth-order valence-corrected chi connectivity index (χ4v) is 3.16. The van der Waals surface area contributed by atoms with Gasteiger partial charge in [0.2, 0.25) is 0 Å². The Morgan fingerprint density at radius 3 is 2.60 bits per heavy atom. The molecule has 0 aromatic heterocycles. The molecule has 0 bridgehead atoms. The van der Waals surface area contributed by atoms with Crippen LogP contribution < -0.4 is 5.32 Å². The lowest BCUT2D eigenvalue weighted by molar-refractivity contribution is 0.0613. The Morgan fingerprint density at radius 2 is 2.00 bits per heavy atom. The van der Waals surface area contributed by atoms with Crippen LogP contribution in [0.4, 0.5) is 0 Å². The largest absolute Gasteiger partial charge is 0.309 e. The van der Waals surface area contributed by atoms with E-state index < -0.39 is 0 Å². The first kappa shape index (κ1) is 15.5. The first-order valence-electron chi connectivity index (χ1n) is 8.07. The third-order valence-electron chi connectivity index (χ3n) is 4.84. The Kier molecular flexibility index (Phi) is 5.22. The summed E-state index contributed by atoms with van der Waals surface area (Å²) in [6.45, 7) is 12.8. The van der Waals surface area contributed by atoms with Gasteiger partial charge in [-0.05, 0) is 31.2 Å². The summed E-state index contributed by atoms with van der Waals surface area (Å²) in [6, 6.07) is 11.5. The molecule has 2 nitrogen and oxygen atoms in total. The molecule has 2 atom stereocenters. The number of hydrogen-bond donors (Lipinski definition) is 1. The lowest BCUT2D eigenvalue weighted by Gasteiger charge is -2.47. The Balaban J connectivity index is 2.00. The van der Waals surface area contributed by atoms with Crippen LogP contribution in [-0.2, 0) is 6.42 Å². The number of rotatable bonds is 5. The Morgan fingerprint density at radius 1 is 1.30 bits per heavy atom. The highest BCUT2D eigenvalue weighted by Gasteiger charge is 2.35. The van der Waals surface area contributed by atoms with Gasteiger partial charge in [0.25, 0.3) is 0 Å². The monoisotopic (exact) mass is 274 g/mol. The zero-order chi connectivity index (χ0) is 14.6. The highest BCUT2D eigenvalue weighted by atomic mass is 15.3. The molecule has 112 valence electrons. The highest BCUT2D eigenvalue weighted by Crippen LogP contribution is 2.23. The van der Waals surface area contributed by atoms with Crippen molar-refractivity contribution in [1.29, 1.82) is 0 Å². The lowest BCUT2D eigenvalue weighted by atomic mass is 9.89. The SMILES string of the molecule is CCC1(C)CN(CCc2ccccc2)C(C(C)C)CN1. The van der Waals surface area contributed by atoms with Crippen molar-refractivity contribution in [3.05, 3.63) is 35.9 Å². The van der Waals surface area contributed by atoms with Crippen LogP contribution in [0, 0.1) is 5.92 Å². The fourth-order valence-electron chi connectivity index (χ4n) is 3.16. The average Bonchev–Trinajstić information content (AvgIpc) is 2.46. The minimum absolute atomic E-state index is 0.280. The van der Waals surface area contributed by atoms with Crippen LogP contribution in [0.2, 0.25) is 0 Å². The second kappa shape index (κ2) is 6.73. The molecule has 0 spiro atoms. The third-order valence-corrected chi connectivity index (χ3v) is 4.84. The molecule has 1 fully saturated rings. The van der Waals surface area contributed by atoms with Gasteiger partial charge >= 0.3 is 0 Å². The van der Waals surface area contributed by atoms with Crippen molar-refractivity contribution in [2.45, 2.75) is 52.1 Å². The molecule has 1 aliphatic heterocycles. The van der Waals surface area contributed by atoms with E-state index in [0.29, 0.717) is 12.0 Å². The number of nitrogens with one attached hydrogen (secondary N) is 1. The first-order chi connectivity index (χ1) is 9.54. The molecule has 0 amide bonds. The minimum atomic E-state index is 0.280. The predicted octanol–water partition coefficient (Wildman–Crippen LogP) is 3.33. The second-order valence-corrected chi connectivity index (χ2v) is 6.81. The molecule has 0 aliphatic carbocycles. The highest BCUT2D eigenvalue weighted by molar-refractivity contribution is 5.15. The summed E-state index contributed by atoms with van der Waals surface area (Å²) in [4.78, 5) is 2.71. The summed E-state index contributed by atoms with van der Waals surface area (Å²) < 4.78 is 0. The van der Waals surface area contributed by atoms with Crippen LogP contribution in [-0.4, -0.2) is 36.1 Å². The molecule has 2 heteroatoms. The fraction of sp³-hybridized carbons (Fsp3) is 0.667. The molecule has 1 aromatic carbocycles.